The Morgan fingerprint density at radius 1 is 1.38 bits per heavy atom. The van der Waals surface area contributed by atoms with Gasteiger partial charge in [0.05, 0.1) is 0 Å². The minimum absolute atomic E-state index is 0.145. The van der Waals surface area contributed by atoms with Gasteiger partial charge in [-0.05, 0) is 48.9 Å². The maximum absolute atomic E-state index is 12.9. The molecule has 16 heavy (non-hydrogen) atoms. The van der Waals surface area contributed by atoms with Crippen molar-refractivity contribution in [3.63, 3.8) is 0 Å². The number of rotatable bonds is 3. The molecule has 2 heteroatoms. The Bertz CT molecular complexity index is 346. The Labute approximate surface area is 97.1 Å². The van der Waals surface area contributed by atoms with Crippen molar-refractivity contribution in [2.24, 2.45) is 0 Å². The molecule has 1 nitrogen and oxygen atoms in total. The molecular weight excluding hydrogens is 201 g/mol. The summed E-state index contributed by atoms with van der Waals surface area (Å²) < 4.78 is 12.9. The molecule has 0 saturated heterocycles. The molecule has 0 aromatic heterocycles. The summed E-state index contributed by atoms with van der Waals surface area (Å²) in [5.41, 5.74) is 1.50. The molecule has 1 saturated carbocycles. The number of benzene rings is 1. The third-order valence-electron chi connectivity index (χ3n) is 3.78. The lowest BCUT2D eigenvalue weighted by molar-refractivity contribution is 0.457. The van der Waals surface area contributed by atoms with E-state index < -0.39 is 0 Å². The van der Waals surface area contributed by atoms with Crippen LogP contribution in [-0.2, 0) is 5.41 Å². The van der Waals surface area contributed by atoms with E-state index in [1.54, 1.807) is 12.1 Å². The molecule has 0 bridgehead atoms. The average Bonchev–Trinajstić information content (AvgIpc) is 2.63. The van der Waals surface area contributed by atoms with Gasteiger partial charge >= 0.3 is 0 Å². The van der Waals surface area contributed by atoms with Crippen molar-refractivity contribution in [2.75, 3.05) is 6.54 Å². The Kier molecular flexibility index (Phi) is 3.29. The van der Waals surface area contributed by atoms with Crippen LogP contribution in [0.2, 0.25) is 0 Å². The molecule has 1 aliphatic carbocycles. The molecule has 0 heterocycles. The Balaban J connectivity index is 2.12. The highest BCUT2D eigenvalue weighted by Gasteiger charge is 2.35. The van der Waals surface area contributed by atoms with Crippen LogP contribution in [-0.4, -0.2) is 12.6 Å². The van der Waals surface area contributed by atoms with Gasteiger partial charge in [-0.15, -0.1) is 0 Å². The molecule has 2 atom stereocenters. The van der Waals surface area contributed by atoms with Crippen LogP contribution in [0.25, 0.3) is 0 Å². The first-order chi connectivity index (χ1) is 7.64. The monoisotopic (exact) mass is 221 g/mol. The number of hydrogen-bond donors (Lipinski definition) is 1. The van der Waals surface area contributed by atoms with Gasteiger partial charge in [0.15, 0.2) is 0 Å². The third-order valence-corrected chi connectivity index (χ3v) is 3.78. The maximum Gasteiger partial charge on any atom is 0.123 e. The fourth-order valence-corrected chi connectivity index (χ4v) is 2.82. The van der Waals surface area contributed by atoms with Gasteiger partial charge < -0.3 is 5.32 Å². The molecule has 0 aliphatic heterocycles. The van der Waals surface area contributed by atoms with E-state index in [1.807, 2.05) is 12.1 Å². The van der Waals surface area contributed by atoms with E-state index in [4.69, 9.17) is 0 Å². The van der Waals surface area contributed by atoms with Crippen molar-refractivity contribution in [3.05, 3.63) is 35.6 Å². The van der Waals surface area contributed by atoms with Crippen molar-refractivity contribution in [1.29, 1.82) is 0 Å². The highest BCUT2D eigenvalue weighted by Crippen LogP contribution is 2.40. The first-order valence-electron chi connectivity index (χ1n) is 6.13. The molecular formula is C14H20FN. The van der Waals surface area contributed by atoms with Crippen LogP contribution in [0.1, 0.15) is 38.7 Å². The molecule has 2 rings (SSSR count). The molecule has 1 N–H and O–H groups in total. The SMILES string of the molecule is CCNC1CCC(C)(c2ccc(F)cc2)C1. The van der Waals surface area contributed by atoms with Crippen molar-refractivity contribution in [2.45, 2.75) is 44.6 Å². The van der Waals surface area contributed by atoms with E-state index in [2.05, 4.69) is 19.2 Å². The second kappa shape index (κ2) is 4.54. The van der Waals surface area contributed by atoms with Crippen molar-refractivity contribution in [1.82, 2.24) is 5.32 Å². The van der Waals surface area contributed by atoms with Gasteiger partial charge in [-0.25, -0.2) is 4.39 Å². The maximum atomic E-state index is 12.9. The summed E-state index contributed by atoms with van der Waals surface area (Å²) in [7, 11) is 0. The average molecular weight is 221 g/mol. The largest absolute Gasteiger partial charge is 0.314 e. The quantitative estimate of drug-likeness (QED) is 0.826. The first-order valence-corrected chi connectivity index (χ1v) is 6.13. The summed E-state index contributed by atoms with van der Waals surface area (Å²) in [6, 6.07) is 7.63. The molecule has 1 aromatic rings. The van der Waals surface area contributed by atoms with E-state index in [-0.39, 0.29) is 11.2 Å². The zero-order chi connectivity index (χ0) is 11.6. The summed E-state index contributed by atoms with van der Waals surface area (Å²) in [4.78, 5) is 0. The Morgan fingerprint density at radius 2 is 2.06 bits per heavy atom. The van der Waals surface area contributed by atoms with Crippen LogP contribution in [0.15, 0.2) is 24.3 Å². The molecule has 1 aromatic carbocycles. The fraction of sp³-hybridized carbons (Fsp3) is 0.571. The van der Waals surface area contributed by atoms with Gasteiger partial charge in [-0.3, -0.25) is 0 Å². The standard InChI is InChI=1S/C14H20FN/c1-3-16-13-8-9-14(2,10-13)11-4-6-12(15)7-5-11/h4-7,13,16H,3,8-10H2,1-2H3. The lowest BCUT2D eigenvalue weighted by atomic mass is 9.81. The topological polar surface area (TPSA) is 12.0 Å². The molecule has 2 unspecified atom stereocenters. The van der Waals surface area contributed by atoms with Crippen LogP contribution in [0.5, 0.6) is 0 Å². The van der Waals surface area contributed by atoms with Crippen molar-refractivity contribution >= 4 is 0 Å². The van der Waals surface area contributed by atoms with Crippen LogP contribution < -0.4 is 5.32 Å². The predicted molar refractivity (Wildman–Crippen MR) is 65.1 cm³/mol. The summed E-state index contributed by atoms with van der Waals surface area (Å²) in [5, 5.41) is 3.51. The zero-order valence-electron chi connectivity index (χ0n) is 10.1. The molecule has 0 amide bonds. The van der Waals surface area contributed by atoms with Crippen LogP contribution in [0, 0.1) is 5.82 Å². The van der Waals surface area contributed by atoms with Gasteiger partial charge in [0, 0.05) is 6.04 Å². The molecule has 1 fully saturated rings. The van der Waals surface area contributed by atoms with E-state index >= 15 is 0 Å². The van der Waals surface area contributed by atoms with E-state index in [1.165, 1.54) is 18.4 Å². The van der Waals surface area contributed by atoms with Crippen molar-refractivity contribution < 1.29 is 4.39 Å². The third kappa shape index (κ3) is 2.27. The summed E-state index contributed by atoms with van der Waals surface area (Å²) in [5.74, 6) is -0.145. The van der Waals surface area contributed by atoms with E-state index in [0.717, 1.165) is 13.0 Å². The molecule has 1 aliphatic rings. The minimum atomic E-state index is -0.145. The highest BCUT2D eigenvalue weighted by atomic mass is 19.1. The molecule has 0 spiro atoms. The van der Waals surface area contributed by atoms with Gasteiger partial charge in [-0.1, -0.05) is 26.0 Å². The normalized spacial score (nSPS) is 29.6. The van der Waals surface area contributed by atoms with Gasteiger partial charge in [-0.2, -0.15) is 0 Å². The Hall–Kier alpha value is -0.890. The van der Waals surface area contributed by atoms with Gasteiger partial charge in [0.2, 0.25) is 0 Å². The van der Waals surface area contributed by atoms with Crippen molar-refractivity contribution in [3.8, 4) is 0 Å². The number of nitrogens with one attached hydrogen (secondary N) is 1. The van der Waals surface area contributed by atoms with Gasteiger partial charge in [0.25, 0.3) is 0 Å². The van der Waals surface area contributed by atoms with E-state index in [0.29, 0.717) is 6.04 Å². The first kappa shape index (κ1) is 11.6. The lowest BCUT2D eigenvalue weighted by Gasteiger charge is -2.25. The highest BCUT2D eigenvalue weighted by molar-refractivity contribution is 5.27. The van der Waals surface area contributed by atoms with Crippen LogP contribution in [0.4, 0.5) is 4.39 Å². The lowest BCUT2D eigenvalue weighted by Crippen LogP contribution is -2.28. The zero-order valence-corrected chi connectivity index (χ0v) is 10.1. The second-order valence-electron chi connectivity index (χ2n) is 5.06. The second-order valence-corrected chi connectivity index (χ2v) is 5.06. The molecule has 88 valence electrons. The van der Waals surface area contributed by atoms with Gasteiger partial charge in [0.1, 0.15) is 5.82 Å². The smallest absolute Gasteiger partial charge is 0.123 e. The number of halogens is 1. The van der Waals surface area contributed by atoms with E-state index in [9.17, 15) is 4.39 Å². The summed E-state index contributed by atoms with van der Waals surface area (Å²) in [6.07, 6.45) is 3.57. The van der Waals surface area contributed by atoms with Crippen LogP contribution in [0.3, 0.4) is 0 Å². The fourth-order valence-electron chi connectivity index (χ4n) is 2.82. The summed E-state index contributed by atoms with van der Waals surface area (Å²) >= 11 is 0. The Morgan fingerprint density at radius 3 is 2.69 bits per heavy atom. The number of hydrogen-bond acceptors (Lipinski definition) is 1. The predicted octanol–water partition coefficient (Wildman–Crippen LogP) is 3.25. The van der Waals surface area contributed by atoms with Crippen LogP contribution >= 0.6 is 0 Å². The summed E-state index contributed by atoms with van der Waals surface area (Å²) in [6.45, 7) is 5.47. The molecule has 0 radical (unpaired) electrons. The minimum Gasteiger partial charge on any atom is -0.314 e.